The molecule has 0 spiro atoms. The molecule has 0 saturated heterocycles. The van der Waals surface area contributed by atoms with E-state index in [1.807, 2.05) is 0 Å². The molecule has 0 amide bonds. The number of Topliss-reactive ketones (excluding diaryl/α,β-unsaturated/α-hetero) is 1. The SMILES string of the molecule is CC(=O)CCc1nnc(C)o1. The molecule has 0 unspecified atom stereocenters. The third-order valence-corrected chi connectivity index (χ3v) is 1.26. The zero-order chi connectivity index (χ0) is 8.27. The van der Waals surface area contributed by atoms with Gasteiger partial charge in [0.15, 0.2) is 0 Å². The van der Waals surface area contributed by atoms with Gasteiger partial charge in [-0.25, -0.2) is 0 Å². The van der Waals surface area contributed by atoms with Crippen LogP contribution in [0.4, 0.5) is 0 Å². The summed E-state index contributed by atoms with van der Waals surface area (Å²) in [5.41, 5.74) is 0. The number of aromatic nitrogens is 2. The zero-order valence-electron chi connectivity index (χ0n) is 6.63. The minimum absolute atomic E-state index is 0.140. The second-order valence-electron chi connectivity index (χ2n) is 2.42. The van der Waals surface area contributed by atoms with Crippen LogP contribution in [0.15, 0.2) is 4.42 Å². The van der Waals surface area contributed by atoms with Gasteiger partial charge in [-0.15, -0.1) is 10.2 Å². The molecule has 0 saturated carbocycles. The smallest absolute Gasteiger partial charge is 0.216 e. The van der Waals surface area contributed by atoms with Crippen LogP contribution in [0.1, 0.15) is 25.1 Å². The summed E-state index contributed by atoms with van der Waals surface area (Å²) in [4.78, 5) is 10.5. The van der Waals surface area contributed by atoms with Crippen LogP contribution in [0.2, 0.25) is 0 Å². The second kappa shape index (κ2) is 3.27. The van der Waals surface area contributed by atoms with Crippen LogP contribution < -0.4 is 0 Å². The average Bonchev–Trinajstić information content (AvgIpc) is 2.31. The molecule has 60 valence electrons. The van der Waals surface area contributed by atoms with Crippen molar-refractivity contribution in [3.63, 3.8) is 0 Å². The molecule has 0 aromatic carbocycles. The molecule has 11 heavy (non-hydrogen) atoms. The van der Waals surface area contributed by atoms with Gasteiger partial charge in [-0.05, 0) is 6.92 Å². The highest BCUT2D eigenvalue weighted by molar-refractivity contribution is 5.75. The Balaban J connectivity index is 2.45. The van der Waals surface area contributed by atoms with Crippen LogP contribution >= 0.6 is 0 Å². The van der Waals surface area contributed by atoms with Crippen LogP contribution in [0.3, 0.4) is 0 Å². The lowest BCUT2D eigenvalue weighted by Crippen LogP contribution is -1.93. The molecule has 0 atom stereocenters. The molecule has 4 nitrogen and oxygen atoms in total. The monoisotopic (exact) mass is 154 g/mol. The van der Waals surface area contributed by atoms with Gasteiger partial charge in [0.25, 0.3) is 0 Å². The molecule has 1 rings (SSSR count). The minimum atomic E-state index is 0.140. The number of carbonyl (C=O) groups excluding carboxylic acids is 1. The number of nitrogens with zero attached hydrogens (tertiary/aromatic N) is 2. The molecular formula is C7H10N2O2. The maximum absolute atomic E-state index is 10.5. The summed E-state index contributed by atoms with van der Waals surface area (Å²) in [6.07, 6.45) is 1.03. The van der Waals surface area contributed by atoms with Gasteiger partial charge in [0.1, 0.15) is 5.78 Å². The van der Waals surface area contributed by atoms with Crippen molar-refractivity contribution in [2.75, 3.05) is 0 Å². The van der Waals surface area contributed by atoms with Gasteiger partial charge in [0, 0.05) is 19.8 Å². The first-order valence-corrected chi connectivity index (χ1v) is 3.47. The molecule has 0 aliphatic carbocycles. The van der Waals surface area contributed by atoms with Crippen molar-refractivity contribution in [2.24, 2.45) is 0 Å². The molecule has 0 aliphatic rings. The van der Waals surface area contributed by atoms with Crippen molar-refractivity contribution in [3.05, 3.63) is 11.8 Å². The van der Waals surface area contributed by atoms with E-state index in [0.717, 1.165) is 0 Å². The highest BCUT2D eigenvalue weighted by atomic mass is 16.4. The Hall–Kier alpha value is -1.19. The fraction of sp³-hybridized carbons (Fsp3) is 0.571. The van der Waals surface area contributed by atoms with Gasteiger partial charge < -0.3 is 9.21 Å². The lowest BCUT2D eigenvalue weighted by molar-refractivity contribution is -0.117. The maximum atomic E-state index is 10.5. The molecule has 1 aromatic rings. The summed E-state index contributed by atoms with van der Waals surface area (Å²) in [6, 6.07) is 0. The lowest BCUT2D eigenvalue weighted by atomic mass is 10.2. The highest BCUT2D eigenvalue weighted by Crippen LogP contribution is 2.01. The average molecular weight is 154 g/mol. The van der Waals surface area contributed by atoms with Crippen LogP contribution in [0.5, 0.6) is 0 Å². The second-order valence-corrected chi connectivity index (χ2v) is 2.42. The molecule has 0 N–H and O–H groups in total. The van der Waals surface area contributed by atoms with E-state index in [1.165, 1.54) is 0 Å². The van der Waals surface area contributed by atoms with Crippen LogP contribution in [-0.4, -0.2) is 16.0 Å². The number of carbonyl (C=O) groups is 1. The standard InChI is InChI=1S/C7H10N2O2/c1-5(10)3-4-7-9-8-6(2)11-7/h3-4H2,1-2H3. The first kappa shape index (κ1) is 7.91. The number of rotatable bonds is 3. The Labute approximate surface area is 64.6 Å². The molecule has 0 bridgehead atoms. The van der Waals surface area contributed by atoms with E-state index in [4.69, 9.17) is 4.42 Å². The zero-order valence-corrected chi connectivity index (χ0v) is 6.63. The van der Waals surface area contributed by atoms with E-state index in [9.17, 15) is 4.79 Å². The summed E-state index contributed by atoms with van der Waals surface area (Å²) in [6.45, 7) is 3.27. The molecule has 1 aromatic heterocycles. The predicted molar refractivity (Wildman–Crippen MR) is 38.0 cm³/mol. The molecular weight excluding hydrogens is 144 g/mol. The van der Waals surface area contributed by atoms with E-state index in [1.54, 1.807) is 13.8 Å². The summed E-state index contributed by atoms with van der Waals surface area (Å²) in [5.74, 6) is 1.22. The fourth-order valence-electron chi connectivity index (χ4n) is 0.721. The number of ketones is 1. The quantitative estimate of drug-likeness (QED) is 0.649. The summed E-state index contributed by atoms with van der Waals surface area (Å²) < 4.78 is 5.06. The van der Waals surface area contributed by atoms with E-state index >= 15 is 0 Å². The Morgan fingerprint density at radius 2 is 2.27 bits per heavy atom. The van der Waals surface area contributed by atoms with E-state index in [2.05, 4.69) is 10.2 Å². The third kappa shape index (κ3) is 2.49. The molecule has 4 heteroatoms. The number of hydrogen-bond acceptors (Lipinski definition) is 4. The van der Waals surface area contributed by atoms with Crippen molar-refractivity contribution in [3.8, 4) is 0 Å². The minimum Gasteiger partial charge on any atom is -0.426 e. The number of hydrogen-bond donors (Lipinski definition) is 0. The summed E-state index contributed by atoms with van der Waals surface area (Å²) in [7, 11) is 0. The van der Waals surface area contributed by atoms with E-state index in [0.29, 0.717) is 24.6 Å². The van der Waals surface area contributed by atoms with Crippen LogP contribution in [0, 0.1) is 6.92 Å². The topological polar surface area (TPSA) is 56.0 Å². The normalized spacial score (nSPS) is 10.0. The maximum Gasteiger partial charge on any atom is 0.216 e. The Morgan fingerprint density at radius 3 is 2.73 bits per heavy atom. The van der Waals surface area contributed by atoms with Gasteiger partial charge >= 0.3 is 0 Å². The van der Waals surface area contributed by atoms with Gasteiger partial charge in [0.2, 0.25) is 11.8 Å². The van der Waals surface area contributed by atoms with Gasteiger partial charge in [-0.3, -0.25) is 0 Å². The van der Waals surface area contributed by atoms with Gasteiger partial charge in [-0.1, -0.05) is 0 Å². The fourth-order valence-corrected chi connectivity index (χ4v) is 0.721. The van der Waals surface area contributed by atoms with Crippen LogP contribution in [0.25, 0.3) is 0 Å². The van der Waals surface area contributed by atoms with Crippen molar-refractivity contribution >= 4 is 5.78 Å². The first-order valence-electron chi connectivity index (χ1n) is 3.47. The van der Waals surface area contributed by atoms with E-state index in [-0.39, 0.29) is 5.78 Å². The third-order valence-electron chi connectivity index (χ3n) is 1.26. The Bertz CT molecular complexity index is 255. The van der Waals surface area contributed by atoms with Crippen molar-refractivity contribution in [2.45, 2.75) is 26.7 Å². The largest absolute Gasteiger partial charge is 0.426 e. The van der Waals surface area contributed by atoms with Crippen molar-refractivity contribution < 1.29 is 9.21 Å². The highest BCUT2D eigenvalue weighted by Gasteiger charge is 2.02. The van der Waals surface area contributed by atoms with Gasteiger partial charge in [0.05, 0.1) is 0 Å². The van der Waals surface area contributed by atoms with Gasteiger partial charge in [-0.2, -0.15) is 0 Å². The van der Waals surface area contributed by atoms with Crippen molar-refractivity contribution in [1.29, 1.82) is 0 Å². The summed E-state index contributed by atoms with van der Waals surface area (Å²) >= 11 is 0. The first-order chi connectivity index (χ1) is 5.18. The number of aryl methyl sites for hydroxylation is 2. The molecule has 1 heterocycles. The van der Waals surface area contributed by atoms with Crippen molar-refractivity contribution in [1.82, 2.24) is 10.2 Å². The Morgan fingerprint density at radius 1 is 1.55 bits per heavy atom. The molecule has 0 aliphatic heterocycles. The van der Waals surface area contributed by atoms with E-state index < -0.39 is 0 Å². The Kier molecular flexibility index (Phi) is 2.36. The molecule has 0 fully saturated rings. The molecule has 0 radical (unpaired) electrons. The predicted octanol–water partition coefficient (Wildman–Crippen LogP) is 0.900. The summed E-state index contributed by atoms with van der Waals surface area (Å²) in [5, 5.41) is 7.39. The lowest BCUT2D eigenvalue weighted by Gasteiger charge is -1.88. The van der Waals surface area contributed by atoms with Crippen LogP contribution in [-0.2, 0) is 11.2 Å².